The molecule has 6 nitrogen and oxygen atoms in total. The highest BCUT2D eigenvalue weighted by Crippen LogP contribution is 2.25. The van der Waals surface area contributed by atoms with Crippen LogP contribution in [0.15, 0.2) is 18.2 Å². The summed E-state index contributed by atoms with van der Waals surface area (Å²) in [5, 5.41) is 13.7. The molecule has 1 atom stereocenters. The fourth-order valence-corrected chi connectivity index (χ4v) is 1.19. The first-order valence-corrected chi connectivity index (χ1v) is 4.86. The van der Waals surface area contributed by atoms with Gasteiger partial charge in [0.15, 0.2) is 0 Å². The monoisotopic (exact) mass is 225 g/mol. The van der Waals surface area contributed by atoms with E-state index in [0.29, 0.717) is 18.0 Å². The smallest absolute Gasteiger partial charge is 0.275 e. The van der Waals surface area contributed by atoms with Crippen LogP contribution in [0.4, 0.5) is 11.4 Å². The van der Waals surface area contributed by atoms with Gasteiger partial charge in [-0.3, -0.25) is 10.1 Å². The number of anilines is 1. The Morgan fingerprint density at radius 2 is 2.25 bits per heavy atom. The van der Waals surface area contributed by atoms with Crippen molar-refractivity contribution >= 4 is 11.4 Å². The van der Waals surface area contributed by atoms with Gasteiger partial charge in [0.05, 0.1) is 18.1 Å². The molecule has 1 rings (SSSR count). The van der Waals surface area contributed by atoms with Gasteiger partial charge in [-0.1, -0.05) is 0 Å². The van der Waals surface area contributed by atoms with Gasteiger partial charge in [-0.2, -0.15) is 0 Å². The molecule has 0 fully saturated rings. The van der Waals surface area contributed by atoms with Gasteiger partial charge in [-0.25, -0.2) is 0 Å². The van der Waals surface area contributed by atoms with Crippen LogP contribution in [0, 0.1) is 10.1 Å². The van der Waals surface area contributed by atoms with Gasteiger partial charge in [0.1, 0.15) is 5.75 Å². The SMILES string of the molecule is COc1cc(NCC(C)N)cc([N+](=O)[O-])c1. The third kappa shape index (κ3) is 3.39. The molecule has 0 aliphatic rings. The van der Waals surface area contributed by atoms with E-state index >= 15 is 0 Å². The largest absolute Gasteiger partial charge is 0.496 e. The van der Waals surface area contributed by atoms with Crippen molar-refractivity contribution < 1.29 is 9.66 Å². The number of nitro groups is 1. The maximum atomic E-state index is 10.7. The van der Waals surface area contributed by atoms with Crippen molar-refractivity contribution in [2.45, 2.75) is 13.0 Å². The van der Waals surface area contributed by atoms with Gasteiger partial charge >= 0.3 is 0 Å². The summed E-state index contributed by atoms with van der Waals surface area (Å²) in [6.07, 6.45) is 0. The summed E-state index contributed by atoms with van der Waals surface area (Å²) >= 11 is 0. The summed E-state index contributed by atoms with van der Waals surface area (Å²) < 4.78 is 4.98. The first-order chi connectivity index (χ1) is 7.52. The molecule has 0 saturated heterocycles. The lowest BCUT2D eigenvalue weighted by atomic mass is 10.2. The molecule has 1 unspecified atom stereocenters. The predicted molar refractivity (Wildman–Crippen MR) is 61.8 cm³/mol. The van der Waals surface area contributed by atoms with Gasteiger partial charge in [0.2, 0.25) is 0 Å². The number of non-ortho nitro benzene ring substituents is 1. The van der Waals surface area contributed by atoms with E-state index in [1.165, 1.54) is 19.2 Å². The third-order valence-corrected chi connectivity index (χ3v) is 1.97. The van der Waals surface area contributed by atoms with E-state index in [1.54, 1.807) is 6.07 Å². The van der Waals surface area contributed by atoms with E-state index in [4.69, 9.17) is 10.5 Å². The Morgan fingerprint density at radius 3 is 2.75 bits per heavy atom. The molecule has 0 aliphatic carbocycles. The summed E-state index contributed by atoms with van der Waals surface area (Å²) in [6.45, 7) is 2.39. The van der Waals surface area contributed by atoms with Gasteiger partial charge in [-0.15, -0.1) is 0 Å². The van der Waals surface area contributed by atoms with Crippen LogP contribution in [0.25, 0.3) is 0 Å². The molecule has 1 aromatic carbocycles. The lowest BCUT2D eigenvalue weighted by Crippen LogP contribution is -2.25. The molecule has 0 bridgehead atoms. The highest BCUT2D eigenvalue weighted by Gasteiger charge is 2.10. The minimum atomic E-state index is -0.459. The fourth-order valence-electron chi connectivity index (χ4n) is 1.19. The highest BCUT2D eigenvalue weighted by atomic mass is 16.6. The van der Waals surface area contributed by atoms with Crippen molar-refractivity contribution in [2.24, 2.45) is 5.73 Å². The van der Waals surface area contributed by atoms with E-state index < -0.39 is 4.92 Å². The molecule has 0 radical (unpaired) electrons. The van der Waals surface area contributed by atoms with Gasteiger partial charge < -0.3 is 15.8 Å². The zero-order valence-corrected chi connectivity index (χ0v) is 9.27. The summed E-state index contributed by atoms with van der Waals surface area (Å²) in [7, 11) is 1.47. The number of hydrogen-bond acceptors (Lipinski definition) is 5. The summed E-state index contributed by atoms with van der Waals surface area (Å²) in [5.74, 6) is 0.446. The number of hydrogen-bond donors (Lipinski definition) is 2. The maximum Gasteiger partial charge on any atom is 0.275 e. The van der Waals surface area contributed by atoms with Crippen LogP contribution < -0.4 is 15.8 Å². The average Bonchev–Trinajstić information content (AvgIpc) is 2.25. The van der Waals surface area contributed by atoms with Gasteiger partial charge in [0, 0.05) is 30.4 Å². The number of ether oxygens (including phenoxy) is 1. The van der Waals surface area contributed by atoms with Crippen molar-refractivity contribution in [1.82, 2.24) is 0 Å². The number of methoxy groups -OCH3 is 1. The summed E-state index contributed by atoms with van der Waals surface area (Å²) in [4.78, 5) is 10.2. The Bertz CT molecular complexity index is 380. The zero-order valence-electron chi connectivity index (χ0n) is 9.27. The highest BCUT2D eigenvalue weighted by molar-refractivity contribution is 5.56. The van der Waals surface area contributed by atoms with Crippen LogP contribution in [-0.2, 0) is 0 Å². The van der Waals surface area contributed by atoms with Crippen molar-refractivity contribution in [3.63, 3.8) is 0 Å². The van der Waals surface area contributed by atoms with Gasteiger partial charge in [0.25, 0.3) is 5.69 Å². The molecule has 0 spiro atoms. The van der Waals surface area contributed by atoms with Crippen LogP contribution >= 0.6 is 0 Å². The number of benzene rings is 1. The average molecular weight is 225 g/mol. The maximum absolute atomic E-state index is 10.7. The minimum absolute atomic E-state index is 0.00785. The summed E-state index contributed by atoms with van der Waals surface area (Å²) in [6, 6.07) is 4.49. The lowest BCUT2D eigenvalue weighted by Gasteiger charge is -2.10. The molecule has 1 aromatic rings. The predicted octanol–water partition coefficient (Wildman–Crippen LogP) is 1.36. The summed E-state index contributed by atoms with van der Waals surface area (Å²) in [5.41, 5.74) is 6.20. The molecule has 0 heterocycles. The van der Waals surface area contributed by atoms with Crippen molar-refractivity contribution in [3.05, 3.63) is 28.3 Å². The Morgan fingerprint density at radius 1 is 1.56 bits per heavy atom. The third-order valence-electron chi connectivity index (χ3n) is 1.97. The first-order valence-electron chi connectivity index (χ1n) is 4.86. The standard InChI is InChI=1S/C10H15N3O3/c1-7(11)6-12-8-3-9(13(14)15)5-10(4-8)16-2/h3-5,7,12H,6,11H2,1-2H3. The van der Waals surface area contributed by atoms with E-state index in [0.717, 1.165) is 0 Å². The first kappa shape index (κ1) is 12.3. The lowest BCUT2D eigenvalue weighted by molar-refractivity contribution is -0.384. The Balaban J connectivity index is 2.90. The second kappa shape index (κ2) is 5.32. The van der Waals surface area contributed by atoms with E-state index in [2.05, 4.69) is 5.32 Å². The number of rotatable bonds is 5. The minimum Gasteiger partial charge on any atom is -0.496 e. The van der Waals surface area contributed by atoms with Crippen molar-refractivity contribution in [2.75, 3.05) is 19.0 Å². The number of nitrogens with zero attached hydrogens (tertiary/aromatic N) is 1. The van der Waals surface area contributed by atoms with E-state index in [1.807, 2.05) is 6.92 Å². The molecule has 0 amide bonds. The molecule has 0 aliphatic heterocycles. The zero-order chi connectivity index (χ0) is 12.1. The van der Waals surface area contributed by atoms with Crippen LogP contribution in [-0.4, -0.2) is 24.6 Å². The van der Waals surface area contributed by atoms with Crippen LogP contribution in [0.3, 0.4) is 0 Å². The molecular weight excluding hydrogens is 210 g/mol. The normalized spacial score (nSPS) is 11.9. The van der Waals surface area contributed by atoms with Crippen LogP contribution in [0.5, 0.6) is 5.75 Å². The molecule has 88 valence electrons. The number of nitro benzene ring substituents is 1. The van der Waals surface area contributed by atoms with Crippen LogP contribution in [0.1, 0.15) is 6.92 Å². The van der Waals surface area contributed by atoms with E-state index in [9.17, 15) is 10.1 Å². The second-order valence-corrected chi connectivity index (χ2v) is 3.54. The Hall–Kier alpha value is -1.82. The molecule has 3 N–H and O–H groups in total. The van der Waals surface area contributed by atoms with E-state index in [-0.39, 0.29) is 11.7 Å². The molecular formula is C10H15N3O3. The topological polar surface area (TPSA) is 90.4 Å². The van der Waals surface area contributed by atoms with Crippen molar-refractivity contribution in [1.29, 1.82) is 0 Å². The molecule has 6 heteroatoms. The number of nitrogens with two attached hydrogens (primary N) is 1. The quantitative estimate of drug-likeness (QED) is 0.583. The van der Waals surface area contributed by atoms with Crippen molar-refractivity contribution in [3.8, 4) is 5.75 Å². The molecule has 0 saturated carbocycles. The fraction of sp³-hybridized carbons (Fsp3) is 0.400. The second-order valence-electron chi connectivity index (χ2n) is 3.54. The molecule has 16 heavy (non-hydrogen) atoms. The Labute approximate surface area is 93.5 Å². The number of nitrogens with one attached hydrogen (secondary N) is 1. The Kier molecular flexibility index (Phi) is 4.07. The van der Waals surface area contributed by atoms with Gasteiger partial charge in [-0.05, 0) is 6.92 Å². The molecule has 0 aromatic heterocycles. The van der Waals surface area contributed by atoms with Crippen LogP contribution in [0.2, 0.25) is 0 Å².